The maximum atomic E-state index is 12.5. The molecule has 0 unspecified atom stereocenters. The molecule has 2 aromatic rings. The van der Waals surface area contributed by atoms with Gasteiger partial charge in [0.25, 0.3) is 0 Å². The zero-order valence-electron chi connectivity index (χ0n) is 15.3. The minimum atomic E-state index is -0.332. The zero-order valence-corrected chi connectivity index (χ0v) is 16.1. The molecule has 0 aromatic carbocycles. The Morgan fingerprint density at radius 1 is 1.30 bits per heavy atom. The van der Waals surface area contributed by atoms with E-state index in [9.17, 15) is 9.59 Å². The van der Waals surface area contributed by atoms with Gasteiger partial charge in [0, 0.05) is 42.2 Å². The van der Waals surface area contributed by atoms with Gasteiger partial charge in [0.1, 0.15) is 11.9 Å². The fourth-order valence-corrected chi connectivity index (χ4v) is 4.36. The quantitative estimate of drug-likeness (QED) is 0.845. The summed E-state index contributed by atoms with van der Waals surface area (Å²) in [4.78, 5) is 36.0. The Kier molecular flexibility index (Phi) is 5.07. The van der Waals surface area contributed by atoms with E-state index in [2.05, 4.69) is 21.7 Å². The second-order valence-corrected chi connectivity index (χ2v) is 8.34. The van der Waals surface area contributed by atoms with Gasteiger partial charge in [-0.1, -0.05) is 6.07 Å². The molecule has 2 fully saturated rings. The summed E-state index contributed by atoms with van der Waals surface area (Å²) in [5, 5.41) is 6.88. The van der Waals surface area contributed by atoms with Crippen LogP contribution in [0.4, 0.5) is 10.9 Å². The van der Waals surface area contributed by atoms with Gasteiger partial charge in [-0.25, -0.2) is 9.97 Å². The summed E-state index contributed by atoms with van der Waals surface area (Å²) in [5.74, 6) is 1.18. The smallest absolute Gasteiger partial charge is 0.245 e. The number of amides is 2. The first-order valence-corrected chi connectivity index (χ1v) is 10.1. The monoisotopic (exact) mass is 385 g/mol. The van der Waals surface area contributed by atoms with Crippen molar-refractivity contribution in [3.8, 4) is 0 Å². The van der Waals surface area contributed by atoms with Crippen molar-refractivity contribution in [2.24, 2.45) is 0 Å². The number of thiazole rings is 1. The lowest BCUT2D eigenvalue weighted by Crippen LogP contribution is -2.47. The van der Waals surface area contributed by atoms with E-state index < -0.39 is 0 Å². The molecular weight excluding hydrogens is 362 g/mol. The van der Waals surface area contributed by atoms with Gasteiger partial charge < -0.3 is 15.5 Å². The summed E-state index contributed by atoms with van der Waals surface area (Å²) in [7, 11) is 0. The van der Waals surface area contributed by atoms with E-state index in [1.807, 2.05) is 30.2 Å². The van der Waals surface area contributed by atoms with E-state index >= 15 is 0 Å². The van der Waals surface area contributed by atoms with E-state index in [1.165, 1.54) is 0 Å². The summed E-state index contributed by atoms with van der Waals surface area (Å²) in [6.45, 7) is 3.44. The highest BCUT2D eigenvalue weighted by Crippen LogP contribution is 2.29. The van der Waals surface area contributed by atoms with Crippen LogP contribution >= 0.6 is 11.3 Å². The van der Waals surface area contributed by atoms with Crippen molar-refractivity contribution in [2.45, 2.75) is 44.6 Å². The van der Waals surface area contributed by atoms with Gasteiger partial charge in [-0.05, 0) is 38.3 Å². The number of carbonyl (C=O) groups is 2. The first kappa shape index (κ1) is 17.9. The van der Waals surface area contributed by atoms with Crippen LogP contribution in [0.5, 0.6) is 0 Å². The highest BCUT2D eigenvalue weighted by molar-refractivity contribution is 7.15. The minimum Gasteiger partial charge on any atom is -0.344 e. The number of hydrogen-bond acceptors (Lipinski definition) is 6. The Hall–Kier alpha value is -2.48. The number of nitrogens with one attached hydrogen (secondary N) is 2. The molecule has 1 atom stereocenters. The van der Waals surface area contributed by atoms with Crippen molar-refractivity contribution in [1.82, 2.24) is 20.2 Å². The van der Waals surface area contributed by atoms with Gasteiger partial charge >= 0.3 is 0 Å². The summed E-state index contributed by atoms with van der Waals surface area (Å²) in [6, 6.07) is 5.68. The van der Waals surface area contributed by atoms with Gasteiger partial charge in [0.2, 0.25) is 11.8 Å². The molecule has 2 amide bonds. The van der Waals surface area contributed by atoms with Gasteiger partial charge in [0.15, 0.2) is 5.13 Å². The normalized spacial score (nSPS) is 20.6. The van der Waals surface area contributed by atoms with Crippen LogP contribution in [-0.4, -0.2) is 45.8 Å². The summed E-state index contributed by atoms with van der Waals surface area (Å²) < 4.78 is 0. The Balaban J connectivity index is 1.36. The van der Waals surface area contributed by atoms with Crippen LogP contribution < -0.4 is 10.6 Å². The lowest BCUT2D eigenvalue weighted by atomic mass is 9.92. The molecule has 142 valence electrons. The molecule has 0 radical (unpaired) electrons. The third kappa shape index (κ3) is 4.10. The van der Waals surface area contributed by atoms with Crippen LogP contribution in [-0.2, 0) is 9.59 Å². The topological polar surface area (TPSA) is 87.2 Å². The average molecular weight is 385 g/mol. The Morgan fingerprint density at radius 3 is 2.78 bits per heavy atom. The maximum Gasteiger partial charge on any atom is 0.245 e. The van der Waals surface area contributed by atoms with Gasteiger partial charge in [-0.15, -0.1) is 11.3 Å². The number of nitrogens with zero attached hydrogens (tertiary/aromatic N) is 3. The summed E-state index contributed by atoms with van der Waals surface area (Å²) in [5.41, 5.74) is 1.05. The Morgan fingerprint density at radius 2 is 2.11 bits per heavy atom. The summed E-state index contributed by atoms with van der Waals surface area (Å²) >= 11 is 1.60. The lowest BCUT2D eigenvalue weighted by Gasteiger charge is -2.33. The molecule has 2 aliphatic rings. The molecule has 4 rings (SSSR count). The van der Waals surface area contributed by atoms with Gasteiger partial charge in [-0.2, -0.15) is 0 Å². The molecular formula is C19H23N5O2S. The van der Waals surface area contributed by atoms with E-state index in [1.54, 1.807) is 11.3 Å². The van der Waals surface area contributed by atoms with Crippen LogP contribution in [0.1, 0.15) is 42.2 Å². The standard InChI is InChI=1S/C19H23N5O2S/c1-12-11-20-19(27-12)23-16-4-2-3-14(21-16)13-7-9-24(10-8-13)18(26)15-5-6-17(25)22-15/h2-4,11,13,15H,5-10H2,1H3,(H,22,25)(H,20,21,23)/t15-/m1/s1. The molecule has 7 nitrogen and oxygen atoms in total. The number of pyridine rings is 1. The summed E-state index contributed by atoms with van der Waals surface area (Å²) in [6.07, 6.45) is 4.69. The van der Waals surface area contributed by atoms with Crippen molar-refractivity contribution >= 4 is 34.1 Å². The number of piperidine rings is 1. The maximum absolute atomic E-state index is 12.5. The van der Waals surface area contributed by atoms with Crippen LogP contribution in [0.25, 0.3) is 0 Å². The molecule has 2 aromatic heterocycles. The SMILES string of the molecule is Cc1cnc(Nc2cccc(C3CCN(C(=O)[C@H]4CCC(=O)N4)CC3)n2)s1. The van der Waals surface area contributed by atoms with Crippen molar-refractivity contribution in [3.05, 3.63) is 35.0 Å². The number of aromatic nitrogens is 2. The predicted molar refractivity (Wildman–Crippen MR) is 104 cm³/mol. The number of aryl methyl sites for hydroxylation is 1. The van der Waals surface area contributed by atoms with E-state index in [4.69, 9.17) is 4.98 Å². The van der Waals surface area contributed by atoms with Crippen molar-refractivity contribution in [2.75, 3.05) is 18.4 Å². The third-order valence-electron chi connectivity index (χ3n) is 5.15. The lowest BCUT2D eigenvalue weighted by molar-refractivity contribution is -0.135. The molecule has 0 spiro atoms. The number of anilines is 2. The van der Waals surface area contributed by atoms with Crippen LogP contribution in [0, 0.1) is 6.92 Å². The second kappa shape index (κ2) is 7.64. The van der Waals surface area contributed by atoms with Crippen molar-refractivity contribution in [3.63, 3.8) is 0 Å². The molecule has 0 saturated carbocycles. The molecule has 8 heteroatoms. The van der Waals surface area contributed by atoms with Crippen LogP contribution in [0.2, 0.25) is 0 Å². The first-order chi connectivity index (χ1) is 13.1. The van der Waals surface area contributed by atoms with E-state index in [0.29, 0.717) is 31.8 Å². The van der Waals surface area contributed by atoms with E-state index in [0.717, 1.165) is 34.4 Å². The number of rotatable bonds is 4. The number of carbonyl (C=O) groups excluding carboxylic acids is 2. The highest BCUT2D eigenvalue weighted by atomic mass is 32.1. The predicted octanol–water partition coefficient (Wildman–Crippen LogP) is 2.57. The Labute approximate surface area is 162 Å². The van der Waals surface area contributed by atoms with Crippen molar-refractivity contribution in [1.29, 1.82) is 0 Å². The number of hydrogen-bond donors (Lipinski definition) is 2. The fraction of sp³-hybridized carbons (Fsp3) is 0.474. The number of likely N-dealkylation sites (tertiary alicyclic amines) is 1. The molecule has 2 N–H and O–H groups in total. The third-order valence-corrected chi connectivity index (χ3v) is 5.97. The second-order valence-electron chi connectivity index (χ2n) is 7.11. The average Bonchev–Trinajstić information content (AvgIpc) is 3.30. The van der Waals surface area contributed by atoms with E-state index in [-0.39, 0.29) is 17.9 Å². The molecule has 2 saturated heterocycles. The molecule has 27 heavy (non-hydrogen) atoms. The Bertz CT molecular complexity index is 844. The van der Waals surface area contributed by atoms with Crippen LogP contribution in [0.15, 0.2) is 24.4 Å². The van der Waals surface area contributed by atoms with Crippen LogP contribution in [0.3, 0.4) is 0 Å². The molecule has 0 bridgehead atoms. The van der Waals surface area contributed by atoms with Crippen molar-refractivity contribution < 1.29 is 9.59 Å². The molecule has 2 aliphatic heterocycles. The molecule has 0 aliphatic carbocycles. The molecule has 4 heterocycles. The first-order valence-electron chi connectivity index (χ1n) is 9.33. The highest BCUT2D eigenvalue weighted by Gasteiger charge is 2.33. The zero-order chi connectivity index (χ0) is 18.8. The van der Waals surface area contributed by atoms with Gasteiger partial charge in [0.05, 0.1) is 0 Å². The van der Waals surface area contributed by atoms with Gasteiger partial charge in [-0.3, -0.25) is 9.59 Å². The fourth-order valence-electron chi connectivity index (χ4n) is 3.69. The minimum absolute atomic E-state index is 0.0211. The largest absolute Gasteiger partial charge is 0.344 e.